The smallest absolute Gasteiger partial charge is 0.0867 e. The van der Waals surface area contributed by atoms with Crippen LogP contribution in [-0.4, -0.2) is 15.3 Å². The van der Waals surface area contributed by atoms with E-state index in [1.807, 2.05) is 41.8 Å². The summed E-state index contributed by atoms with van der Waals surface area (Å²) in [6.07, 6.45) is 1.78. The van der Waals surface area contributed by atoms with E-state index in [1.54, 1.807) is 17.5 Å². The van der Waals surface area contributed by atoms with Crippen molar-refractivity contribution in [2.24, 2.45) is 0 Å². The van der Waals surface area contributed by atoms with Gasteiger partial charge >= 0.3 is 0 Å². The molecule has 2 heterocycles. The molecule has 4 heteroatoms. The summed E-state index contributed by atoms with van der Waals surface area (Å²) in [6, 6.07) is 12.0. The zero-order valence-electron chi connectivity index (χ0n) is 10.3. The standard InChI is InChI=1S/C15H14N2OS/c18-14(8-11-6-7-19-10-11)13-9-16-17-15(13)12-4-2-1-3-5-12/h1-7,9-10,14,18H,8H2,(H,16,17). The zero-order valence-corrected chi connectivity index (χ0v) is 11.1. The first-order chi connectivity index (χ1) is 9.34. The van der Waals surface area contributed by atoms with Gasteiger partial charge in [0.2, 0.25) is 0 Å². The normalized spacial score (nSPS) is 12.5. The largest absolute Gasteiger partial charge is 0.388 e. The number of thiophene rings is 1. The molecule has 0 saturated heterocycles. The molecule has 2 aromatic heterocycles. The van der Waals surface area contributed by atoms with Gasteiger partial charge in [0.05, 0.1) is 18.0 Å². The van der Waals surface area contributed by atoms with E-state index >= 15 is 0 Å². The third kappa shape index (κ3) is 2.59. The number of nitrogens with zero attached hydrogens (tertiary/aromatic N) is 1. The zero-order chi connectivity index (χ0) is 13.1. The third-order valence-corrected chi connectivity index (χ3v) is 3.83. The number of aliphatic hydroxyl groups excluding tert-OH is 1. The highest BCUT2D eigenvalue weighted by atomic mass is 32.1. The molecule has 0 bridgehead atoms. The number of H-pyrrole nitrogens is 1. The summed E-state index contributed by atoms with van der Waals surface area (Å²) in [4.78, 5) is 0. The van der Waals surface area contributed by atoms with E-state index in [9.17, 15) is 5.11 Å². The van der Waals surface area contributed by atoms with Crippen molar-refractivity contribution in [3.63, 3.8) is 0 Å². The fourth-order valence-corrected chi connectivity index (χ4v) is 2.81. The molecule has 0 aliphatic carbocycles. The monoisotopic (exact) mass is 270 g/mol. The molecular formula is C15H14N2OS. The maximum absolute atomic E-state index is 10.4. The van der Waals surface area contributed by atoms with Crippen LogP contribution in [0.5, 0.6) is 0 Å². The van der Waals surface area contributed by atoms with Crippen LogP contribution in [0.15, 0.2) is 53.4 Å². The molecule has 3 nitrogen and oxygen atoms in total. The van der Waals surface area contributed by atoms with Crippen LogP contribution < -0.4 is 0 Å². The molecular weight excluding hydrogens is 256 g/mol. The lowest BCUT2D eigenvalue weighted by Crippen LogP contribution is -2.01. The van der Waals surface area contributed by atoms with Crippen molar-refractivity contribution in [1.29, 1.82) is 0 Å². The summed E-state index contributed by atoms with van der Waals surface area (Å²) in [5.74, 6) is 0. The van der Waals surface area contributed by atoms with Crippen molar-refractivity contribution in [3.8, 4) is 11.3 Å². The summed E-state index contributed by atoms with van der Waals surface area (Å²) in [6.45, 7) is 0. The Bertz CT molecular complexity index is 631. The molecule has 0 amide bonds. The first-order valence-electron chi connectivity index (χ1n) is 6.12. The van der Waals surface area contributed by atoms with Gasteiger partial charge in [0.15, 0.2) is 0 Å². The molecule has 96 valence electrons. The van der Waals surface area contributed by atoms with E-state index in [0.29, 0.717) is 6.42 Å². The molecule has 2 N–H and O–H groups in total. The highest BCUT2D eigenvalue weighted by Gasteiger charge is 2.16. The maximum Gasteiger partial charge on any atom is 0.0867 e. The fraction of sp³-hybridized carbons (Fsp3) is 0.133. The molecule has 1 atom stereocenters. The van der Waals surface area contributed by atoms with Crippen LogP contribution in [0, 0.1) is 0 Å². The molecule has 19 heavy (non-hydrogen) atoms. The summed E-state index contributed by atoms with van der Waals surface area (Å²) in [7, 11) is 0. The van der Waals surface area contributed by atoms with Gasteiger partial charge in [-0.05, 0) is 28.0 Å². The van der Waals surface area contributed by atoms with E-state index in [0.717, 1.165) is 22.4 Å². The van der Waals surface area contributed by atoms with Gasteiger partial charge in [0.25, 0.3) is 0 Å². The molecule has 3 aromatic rings. The lowest BCUT2D eigenvalue weighted by Gasteiger charge is -2.10. The Morgan fingerprint density at radius 3 is 2.79 bits per heavy atom. The molecule has 0 aliphatic rings. The quantitative estimate of drug-likeness (QED) is 0.763. The Hall–Kier alpha value is -1.91. The Morgan fingerprint density at radius 1 is 1.21 bits per heavy atom. The molecule has 1 unspecified atom stereocenters. The number of aromatic nitrogens is 2. The molecule has 0 fully saturated rings. The van der Waals surface area contributed by atoms with Gasteiger partial charge < -0.3 is 5.11 Å². The minimum absolute atomic E-state index is 0.538. The van der Waals surface area contributed by atoms with Crippen LogP contribution in [0.25, 0.3) is 11.3 Å². The van der Waals surface area contributed by atoms with E-state index in [1.165, 1.54) is 0 Å². The summed E-state index contributed by atoms with van der Waals surface area (Å²) in [5, 5.41) is 21.5. The Labute approximate surface area is 115 Å². The van der Waals surface area contributed by atoms with Crippen molar-refractivity contribution in [3.05, 3.63) is 64.5 Å². The highest BCUT2D eigenvalue weighted by molar-refractivity contribution is 7.07. The summed E-state index contributed by atoms with van der Waals surface area (Å²) in [5.41, 5.74) is 3.93. The number of hydrogen-bond donors (Lipinski definition) is 2. The topological polar surface area (TPSA) is 48.9 Å². The first kappa shape index (κ1) is 12.1. The van der Waals surface area contributed by atoms with Gasteiger partial charge in [-0.1, -0.05) is 30.3 Å². The van der Waals surface area contributed by atoms with Crippen molar-refractivity contribution >= 4 is 11.3 Å². The van der Waals surface area contributed by atoms with Crippen molar-refractivity contribution in [1.82, 2.24) is 10.2 Å². The van der Waals surface area contributed by atoms with E-state index < -0.39 is 6.10 Å². The maximum atomic E-state index is 10.4. The average Bonchev–Trinajstić information content (AvgIpc) is 3.10. The minimum atomic E-state index is -0.538. The minimum Gasteiger partial charge on any atom is -0.388 e. The average molecular weight is 270 g/mol. The molecule has 0 radical (unpaired) electrons. The predicted molar refractivity (Wildman–Crippen MR) is 77.0 cm³/mol. The van der Waals surface area contributed by atoms with Crippen LogP contribution in [0.3, 0.4) is 0 Å². The van der Waals surface area contributed by atoms with Crippen LogP contribution >= 0.6 is 11.3 Å². The summed E-state index contributed by atoms with van der Waals surface area (Å²) >= 11 is 1.64. The van der Waals surface area contributed by atoms with Gasteiger partial charge in [-0.3, -0.25) is 5.10 Å². The van der Waals surface area contributed by atoms with Gasteiger partial charge in [-0.25, -0.2) is 0 Å². The lowest BCUT2D eigenvalue weighted by molar-refractivity contribution is 0.179. The molecule has 0 saturated carbocycles. The number of aliphatic hydroxyl groups is 1. The Morgan fingerprint density at radius 2 is 2.05 bits per heavy atom. The Balaban J connectivity index is 1.88. The fourth-order valence-electron chi connectivity index (χ4n) is 2.13. The highest BCUT2D eigenvalue weighted by Crippen LogP contribution is 2.28. The van der Waals surface area contributed by atoms with Crippen LogP contribution in [-0.2, 0) is 6.42 Å². The molecule has 3 rings (SSSR count). The second-order valence-electron chi connectivity index (χ2n) is 4.42. The third-order valence-electron chi connectivity index (χ3n) is 3.10. The predicted octanol–water partition coefficient (Wildman–Crippen LogP) is 3.41. The van der Waals surface area contributed by atoms with Crippen molar-refractivity contribution in [2.75, 3.05) is 0 Å². The Kier molecular flexibility index (Phi) is 3.44. The number of rotatable bonds is 4. The molecule has 0 aliphatic heterocycles. The lowest BCUT2D eigenvalue weighted by atomic mass is 10.0. The van der Waals surface area contributed by atoms with Crippen LogP contribution in [0.1, 0.15) is 17.2 Å². The number of aromatic amines is 1. The number of hydrogen-bond acceptors (Lipinski definition) is 3. The summed E-state index contributed by atoms with van der Waals surface area (Å²) < 4.78 is 0. The van der Waals surface area contributed by atoms with E-state index in [2.05, 4.69) is 15.6 Å². The second kappa shape index (κ2) is 5.38. The van der Waals surface area contributed by atoms with Gasteiger partial charge in [0, 0.05) is 12.0 Å². The van der Waals surface area contributed by atoms with E-state index in [-0.39, 0.29) is 0 Å². The van der Waals surface area contributed by atoms with Crippen molar-refractivity contribution in [2.45, 2.75) is 12.5 Å². The second-order valence-corrected chi connectivity index (χ2v) is 5.20. The molecule has 0 spiro atoms. The van der Waals surface area contributed by atoms with Crippen molar-refractivity contribution < 1.29 is 5.11 Å². The SMILES string of the molecule is OC(Cc1ccsc1)c1cn[nH]c1-c1ccccc1. The van der Waals surface area contributed by atoms with E-state index in [4.69, 9.17) is 0 Å². The van der Waals surface area contributed by atoms with Gasteiger partial charge in [0.1, 0.15) is 0 Å². The van der Waals surface area contributed by atoms with Crippen LogP contribution in [0.2, 0.25) is 0 Å². The number of nitrogens with one attached hydrogen (secondary N) is 1. The van der Waals surface area contributed by atoms with Gasteiger partial charge in [-0.2, -0.15) is 16.4 Å². The first-order valence-corrected chi connectivity index (χ1v) is 7.06. The molecule has 1 aromatic carbocycles. The van der Waals surface area contributed by atoms with Gasteiger partial charge in [-0.15, -0.1) is 0 Å². The number of benzene rings is 1. The van der Waals surface area contributed by atoms with Crippen LogP contribution in [0.4, 0.5) is 0 Å².